The first-order valence-corrected chi connectivity index (χ1v) is 10.1. The van der Waals surface area contributed by atoms with Crippen molar-refractivity contribution in [2.75, 3.05) is 40.5 Å². The van der Waals surface area contributed by atoms with Crippen molar-refractivity contribution in [1.82, 2.24) is 5.06 Å². The van der Waals surface area contributed by atoms with Crippen LogP contribution in [0.15, 0.2) is 5.11 Å². The molecular weight excluding hydrogens is 436 g/mol. The third-order valence-corrected chi connectivity index (χ3v) is 5.33. The molecule has 32 heavy (non-hydrogen) atoms. The number of azide groups is 1. The van der Waals surface area contributed by atoms with Crippen molar-refractivity contribution >= 4 is 0 Å². The minimum absolute atomic E-state index is 0.0704. The maximum atomic E-state index is 10.3. The molecule has 6 N–H and O–H groups in total. The number of aliphatic hydroxyl groups excluding tert-OH is 6. The SMILES string of the molecule is COCC1O[C@H](OCC2O[C@@H](N(CCCN=[N+]=[N-])OC)C(O)[C@@H](O)[C@@H]2O)C(O)[C@@H](O)[C@@H]1O. The second kappa shape index (κ2) is 12.9. The topological polar surface area (TPSA) is 220 Å². The number of hydrogen-bond acceptors (Lipinski definition) is 13. The highest BCUT2D eigenvalue weighted by atomic mass is 16.7. The van der Waals surface area contributed by atoms with E-state index in [1.54, 1.807) is 0 Å². The summed E-state index contributed by atoms with van der Waals surface area (Å²) in [7, 11) is 2.69. The molecule has 2 heterocycles. The van der Waals surface area contributed by atoms with E-state index in [-0.39, 0.29) is 19.7 Å². The van der Waals surface area contributed by atoms with Crippen LogP contribution in [-0.2, 0) is 23.8 Å². The molecule has 2 aliphatic rings. The number of ether oxygens (including phenoxy) is 4. The van der Waals surface area contributed by atoms with Gasteiger partial charge in [0.15, 0.2) is 12.5 Å². The van der Waals surface area contributed by atoms with Gasteiger partial charge in [-0.25, -0.2) is 0 Å². The van der Waals surface area contributed by atoms with E-state index in [4.69, 9.17) is 29.3 Å². The van der Waals surface area contributed by atoms with E-state index in [2.05, 4.69) is 10.0 Å². The lowest BCUT2D eigenvalue weighted by Crippen LogP contribution is -2.64. The van der Waals surface area contributed by atoms with Crippen LogP contribution in [0, 0.1) is 0 Å². The number of aliphatic hydroxyl groups is 6. The maximum absolute atomic E-state index is 10.3. The van der Waals surface area contributed by atoms with Crippen LogP contribution in [-0.4, -0.2) is 138 Å². The molecule has 2 rings (SSSR count). The van der Waals surface area contributed by atoms with Crippen molar-refractivity contribution in [3.8, 4) is 0 Å². The highest BCUT2D eigenvalue weighted by molar-refractivity contribution is 4.92. The highest BCUT2D eigenvalue weighted by Crippen LogP contribution is 2.27. The fraction of sp³-hybridized carbons (Fsp3) is 1.00. The molecule has 0 radical (unpaired) electrons. The molecule has 2 saturated heterocycles. The lowest BCUT2D eigenvalue weighted by molar-refractivity contribution is -0.343. The Labute approximate surface area is 184 Å². The summed E-state index contributed by atoms with van der Waals surface area (Å²) in [5.74, 6) is 0. The highest BCUT2D eigenvalue weighted by Gasteiger charge is 2.48. The lowest BCUT2D eigenvalue weighted by Gasteiger charge is -2.45. The van der Waals surface area contributed by atoms with Gasteiger partial charge in [0.2, 0.25) is 0 Å². The molecule has 0 amide bonds. The van der Waals surface area contributed by atoms with Crippen molar-refractivity contribution in [2.45, 2.75) is 67.8 Å². The van der Waals surface area contributed by atoms with E-state index in [0.717, 1.165) is 0 Å². The Balaban J connectivity index is 2.02. The van der Waals surface area contributed by atoms with Crippen LogP contribution >= 0.6 is 0 Å². The first-order valence-electron chi connectivity index (χ1n) is 10.1. The zero-order valence-corrected chi connectivity index (χ0v) is 17.8. The molecule has 0 aliphatic carbocycles. The number of nitrogens with zero attached hydrogens (tertiary/aromatic N) is 4. The fourth-order valence-corrected chi connectivity index (χ4v) is 3.52. The number of methoxy groups -OCH3 is 1. The third kappa shape index (κ3) is 6.45. The predicted octanol–water partition coefficient (Wildman–Crippen LogP) is -3.17. The van der Waals surface area contributed by atoms with E-state index in [0.29, 0.717) is 6.42 Å². The van der Waals surface area contributed by atoms with Gasteiger partial charge >= 0.3 is 0 Å². The van der Waals surface area contributed by atoms with Gasteiger partial charge in [-0.1, -0.05) is 5.11 Å². The van der Waals surface area contributed by atoms with E-state index in [9.17, 15) is 30.6 Å². The molecule has 15 heteroatoms. The van der Waals surface area contributed by atoms with Gasteiger partial charge < -0.3 is 49.6 Å². The summed E-state index contributed by atoms with van der Waals surface area (Å²) in [5, 5.41) is 65.7. The minimum Gasteiger partial charge on any atom is -0.387 e. The van der Waals surface area contributed by atoms with Gasteiger partial charge in [0.1, 0.15) is 48.8 Å². The van der Waals surface area contributed by atoms with Gasteiger partial charge in [-0.05, 0) is 12.0 Å². The van der Waals surface area contributed by atoms with Gasteiger partial charge in [-0.15, -0.1) is 0 Å². The van der Waals surface area contributed by atoms with Crippen LogP contribution < -0.4 is 0 Å². The molecule has 0 saturated carbocycles. The standard InChI is InChI=1S/C17H32N4O11/c1-28-6-8-10(22)13(25)15(27)17(32-8)30-7-9-11(23)12(24)14(26)16(31-9)21(29-2)5-3-4-19-20-18/h8-17,22-27H,3-7H2,1-2H3/t8?,9?,10-,11-,12+,13+,14?,15?,16-,17+/m1/s1. The van der Waals surface area contributed by atoms with Crippen LogP contribution in [0.25, 0.3) is 10.4 Å². The Morgan fingerprint density at radius 1 is 0.875 bits per heavy atom. The largest absolute Gasteiger partial charge is 0.387 e. The smallest absolute Gasteiger partial charge is 0.186 e. The Kier molecular flexibility index (Phi) is 10.9. The summed E-state index contributed by atoms with van der Waals surface area (Å²) in [6.07, 6.45) is -13.6. The van der Waals surface area contributed by atoms with Crippen LogP contribution in [0.3, 0.4) is 0 Å². The molecule has 0 aromatic heterocycles. The van der Waals surface area contributed by atoms with Gasteiger partial charge in [0, 0.05) is 25.1 Å². The van der Waals surface area contributed by atoms with Crippen molar-refractivity contribution in [3.05, 3.63) is 10.4 Å². The third-order valence-electron chi connectivity index (χ3n) is 5.33. The Morgan fingerprint density at radius 2 is 1.50 bits per heavy atom. The Hall–Kier alpha value is -1.17. The summed E-state index contributed by atoms with van der Waals surface area (Å²) in [6, 6.07) is 0. The summed E-state index contributed by atoms with van der Waals surface area (Å²) < 4.78 is 21.5. The Bertz CT molecular complexity index is 613. The second-order valence-electron chi connectivity index (χ2n) is 7.47. The van der Waals surface area contributed by atoms with Crippen molar-refractivity contribution in [1.29, 1.82) is 0 Å². The van der Waals surface area contributed by atoms with Crippen LogP contribution in [0.2, 0.25) is 0 Å². The van der Waals surface area contributed by atoms with Gasteiger partial charge in [-0.3, -0.25) is 4.84 Å². The van der Waals surface area contributed by atoms with E-state index < -0.39 is 68.0 Å². The van der Waals surface area contributed by atoms with Crippen LogP contribution in [0.4, 0.5) is 0 Å². The van der Waals surface area contributed by atoms with E-state index in [1.807, 2.05) is 0 Å². The summed E-state index contributed by atoms with van der Waals surface area (Å²) in [5.41, 5.74) is 8.35. The molecule has 4 unspecified atom stereocenters. The van der Waals surface area contributed by atoms with Crippen molar-refractivity contribution < 1.29 is 54.4 Å². The number of hydrogen-bond donors (Lipinski definition) is 6. The molecule has 0 spiro atoms. The molecule has 15 nitrogen and oxygen atoms in total. The summed E-state index contributed by atoms with van der Waals surface area (Å²) in [6.45, 7) is -0.119. The maximum Gasteiger partial charge on any atom is 0.186 e. The average Bonchev–Trinajstić information content (AvgIpc) is 2.79. The first kappa shape index (κ1) is 27.1. The molecule has 186 valence electrons. The average molecular weight is 468 g/mol. The minimum atomic E-state index is -1.61. The monoisotopic (exact) mass is 468 g/mol. The van der Waals surface area contributed by atoms with Gasteiger partial charge in [-0.2, -0.15) is 5.06 Å². The predicted molar refractivity (Wildman–Crippen MR) is 104 cm³/mol. The molecule has 10 atom stereocenters. The molecular formula is C17H32N4O11. The Morgan fingerprint density at radius 3 is 2.09 bits per heavy atom. The molecule has 0 aromatic rings. The second-order valence-corrected chi connectivity index (χ2v) is 7.47. The summed E-state index contributed by atoms with van der Waals surface area (Å²) in [4.78, 5) is 7.83. The first-order chi connectivity index (χ1) is 15.3. The number of rotatable bonds is 11. The molecule has 2 fully saturated rings. The molecule has 2 aliphatic heterocycles. The van der Waals surface area contributed by atoms with Crippen LogP contribution in [0.5, 0.6) is 0 Å². The van der Waals surface area contributed by atoms with E-state index in [1.165, 1.54) is 19.3 Å². The number of hydroxylamine groups is 2. The molecule has 0 bridgehead atoms. The quantitative estimate of drug-likeness (QED) is 0.0581. The lowest BCUT2D eigenvalue weighted by atomic mass is 9.97. The zero-order valence-electron chi connectivity index (χ0n) is 17.8. The normalized spacial score (nSPS) is 40.3. The van der Waals surface area contributed by atoms with Gasteiger partial charge in [0.25, 0.3) is 0 Å². The zero-order chi connectivity index (χ0) is 23.8. The van der Waals surface area contributed by atoms with Gasteiger partial charge in [0.05, 0.1) is 20.3 Å². The van der Waals surface area contributed by atoms with Crippen molar-refractivity contribution in [3.63, 3.8) is 0 Å². The van der Waals surface area contributed by atoms with Crippen LogP contribution in [0.1, 0.15) is 6.42 Å². The molecule has 0 aromatic carbocycles. The fourth-order valence-electron chi connectivity index (χ4n) is 3.52. The summed E-state index contributed by atoms with van der Waals surface area (Å²) >= 11 is 0. The van der Waals surface area contributed by atoms with Crippen molar-refractivity contribution in [2.24, 2.45) is 5.11 Å². The van der Waals surface area contributed by atoms with E-state index >= 15 is 0 Å².